The first kappa shape index (κ1) is 20.0. The smallest absolute Gasteiger partial charge is 0.339 e. The molecule has 2 rings (SSSR count). The Bertz CT molecular complexity index is 867. The molecular formula is C17H18ClNO6S. The number of sulfonamides is 1. The number of carbonyl (C=O) groups excluding carboxylic acids is 1. The molecule has 0 heterocycles. The minimum atomic E-state index is -3.82. The van der Waals surface area contributed by atoms with E-state index in [0.717, 1.165) is 0 Å². The zero-order valence-corrected chi connectivity index (χ0v) is 15.8. The van der Waals surface area contributed by atoms with E-state index >= 15 is 0 Å². The summed E-state index contributed by atoms with van der Waals surface area (Å²) in [6, 6.07) is 10.7. The van der Waals surface area contributed by atoms with Crippen LogP contribution in [0.1, 0.15) is 10.4 Å². The van der Waals surface area contributed by atoms with E-state index in [9.17, 15) is 13.2 Å². The van der Waals surface area contributed by atoms with Crippen LogP contribution in [-0.4, -0.2) is 41.8 Å². The number of esters is 1. The summed E-state index contributed by atoms with van der Waals surface area (Å²) in [7, 11) is -1.07. The summed E-state index contributed by atoms with van der Waals surface area (Å²) in [5, 5.41) is 0.110. The fourth-order valence-corrected chi connectivity index (χ4v) is 3.27. The summed E-state index contributed by atoms with van der Waals surface area (Å²) in [5.74, 6) is 0.571. The molecule has 26 heavy (non-hydrogen) atoms. The minimum absolute atomic E-state index is 0.0217. The van der Waals surface area contributed by atoms with Crippen molar-refractivity contribution in [3.05, 3.63) is 53.1 Å². The highest BCUT2D eigenvalue weighted by atomic mass is 35.5. The van der Waals surface area contributed by atoms with E-state index in [2.05, 4.69) is 9.46 Å². The molecule has 0 radical (unpaired) electrons. The lowest BCUT2D eigenvalue weighted by atomic mass is 10.2. The Balaban J connectivity index is 1.97. The number of methoxy groups -OCH3 is 2. The number of halogens is 1. The second kappa shape index (κ2) is 8.88. The maximum Gasteiger partial charge on any atom is 0.339 e. The Labute approximate surface area is 156 Å². The van der Waals surface area contributed by atoms with Gasteiger partial charge in [-0.25, -0.2) is 17.9 Å². The van der Waals surface area contributed by atoms with Crippen LogP contribution in [0.3, 0.4) is 0 Å². The normalized spacial score (nSPS) is 11.0. The van der Waals surface area contributed by atoms with E-state index in [1.165, 1.54) is 25.3 Å². The SMILES string of the molecule is COC(=O)c1cc(S(=O)(=O)NCCOc2ccc(OC)cc2)ccc1Cl. The molecule has 0 aliphatic heterocycles. The van der Waals surface area contributed by atoms with Gasteiger partial charge in [0.25, 0.3) is 0 Å². The quantitative estimate of drug-likeness (QED) is 0.541. The summed E-state index contributed by atoms with van der Waals surface area (Å²) in [6.45, 7) is 0.174. The Kier molecular flexibility index (Phi) is 6.84. The average Bonchev–Trinajstić information content (AvgIpc) is 2.65. The third-order valence-electron chi connectivity index (χ3n) is 3.38. The molecule has 0 unspecified atom stereocenters. The van der Waals surface area contributed by atoms with Crippen molar-refractivity contribution < 1.29 is 27.4 Å². The largest absolute Gasteiger partial charge is 0.497 e. The molecule has 0 atom stereocenters. The van der Waals surface area contributed by atoms with Gasteiger partial charge >= 0.3 is 5.97 Å². The van der Waals surface area contributed by atoms with Crippen LogP contribution < -0.4 is 14.2 Å². The third kappa shape index (κ3) is 5.10. The number of hydrogen-bond acceptors (Lipinski definition) is 6. The van der Waals surface area contributed by atoms with Gasteiger partial charge in [-0.1, -0.05) is 11.6 Å². The van der Waals surface area contributed by atoms with Gasteiger partial charge in [0.1, 0.15) is 18.1 Å². The molecule has 0 aliphatic carbocycles. The standard InChI is InChI=1S/C17H18ClNO6S/c1-23-12-3-5-13(6-4-12)25-10-9-19-26(21,22)14-7-8-16(18)15(11-14)17(20)24-2/h3-8,11,19H,9-10H2,1-2H3. The number of hydrogen-bond donors (Lipinski definition) is 1. The van der Waals surface area contributed by atoms with Gasteiger partial charge in [-0.15, -0.1) is 0 Å². The van der Waals surface area contributed by atoms with E-state index in [1.807, 2.05) is 0 Å². The molecule has 0 amide bonds. The van der Waals surface area contributed by atoms with Crippen LogP contribution >= 0.6 is 11.6 Å². The first-order valence-corrected chi connectivity index (χ1v) is 9.38. The van der Waals surface area contributed by atoms with E-state index in [1.54, 1.807) is 31.4 Å². The van der Waals surface area contributed by atoms with Crippen molar-refractivity contribution in [1.29, 1.82) is 0 Å². The molecular weight excluding hydrogens is 382 g/mol. The van der Waals surface area contributed by atoms with Crippen LogP contribution in [0.2, 0.25) is 5.02 Å². The topological polar surface area (TPSA) is 90.9 Å². The maximum atomic E-state index is 12.3. The van der Waals surface area contributed by atoms with E-state index in [-0.39, 0.29) is 28.6 Å². The lowest BCUT2D eigenvalue weighted by Crippen LogP contribution is -2.28. The Morgan fingerprint density at radius 3 is 2.35 bits per heavy atom. The van der Waals surface area contributed by atoms with Crippen LogP contribution in [0, 0.1) is 0 Å². The van der Waals surface area contributed by atoms with Gasteiger partial charge in [0.15, 0.2) is 0 Å². The Morgan fingerprint density at radius 1 is 1.08 bits per heavy atom. The zero-order chi connectivity index (χ0) is 19.2. The van der Waals surface area contributed by atoms with Crippen molar-refractivity contribution >= 4 is 27.6 Å². The molecule has 0 aromatic heterocycles. The van der Waals surface area contributed by atoms with Crippen LogP contribution in [-0.2, 0) is 14.8 Å². The van der Waals surface area contributed by atoms with Crippen LogP contribution in [0.5, 0.6) is 11.5 Å². The van der Waals surface area contributed by atoms with Crippen molar-refractivity contribution in [3.8, 4) is 11.5 Å². The van der Waals surface area contributed by atoms with Crippen molar-refractivity contribution in [3.63, 3.8) is 0 Å². The molecule has 2 aromatic rings. The van der Waals surface area contributed by atoms with Crippen LogP contribution in [0.25, 0.3) is 0 Å². The van der Waals surface area contributed by atoms with Crippen molar-refractivity contribution in [2.75, 3.05) is 27.4 Å². The monoisotopic (exact) mass is 399 g/mol. The van der Waals surface area contributed by atoms with E-state index < -0.39 is 16.0 Å². The van der Waals surface area contributed by atoms with Gasteiger partial charge in [-0.2, -0.15) is 0 Å². The van der Waals surface area contributed by atoms with Gasteiger partial charge in [0, 0.05) is 6.54 Å². The van der Waals surface area contributed by atoms with E-state index in [0.29, 0.717) is 11.5 Å². The second-order valence-electron chi connectivity index (χ2n) is 5.05. The summed E-state index contributed by atoms with van der Waals surface area (Å²) in [5.41, 5.74) is -0.0217. The zero-order valence-electron chi connectivity index (χ0n) is 14.2. The molecule has 140 valence electrons. The second-order valence-corrected chi connectivity index (χ2v) is 7.23. The number of benzene rings is 2. The minimum Gasteiger partial charge on any atom is -0.497 e. The van der Waals surface area contributed by atoms with Gasteiger partial charge in [-0.3, -0.25) is 0 Å². The molecule has 0 aliphatic rings. The van der Waals surface area contributed by atoms with E-state index in [4.69, 9.17) is 21.1 Å². The third-order valence-corrected chi connectivity index (χ3v) is 5.16. The van der Waals surface area contributed by atoms with Gasteiger partial charge in [0.05, 0.1) is 29.7 Å². The summed E-state index contributed by atoms with van der Waals surface area (Å²) in [4.78, 5) is 11.5. The lowest BCUT2D eigenvalue weighted by Gasteiger charge is -2.10. The summed E-state index contributed by atoms with van der Waals surface area (Å²) in [6.07, 6.45) is 0. The van der Waals surface area contributed by atoms with Gasteiger partial charge < -0.3 is 14.2 Å². The molecule has 0 saturated carbocycles. The Morgan fingerprint density at radius 2 is 1.73 bits per heavy atom. The summed E-state index contributed by atoms with van der Waals surface area (Å²) < 4.78 is 42.1. The van der Waals surface area contributed by atoms with Crippen molar-refractivity contribution in [2.24, 2.45) is 0 Å². The number of carbonyl (C=O) groups is 1. The number of rotatable bonds is 8. The fourth-order valence-electron chi connectivity index (χ4n) is 2.04. The first-order valence-electron chi connectivity index (χ1n) is 7.52. The molecule has 1 N–H and O–H groups in total. The van der Waals surface area contributed by atoms with Crippen LogP contribution in [0.4, 0.5) is 0 Å². The highest BCUT2D eigenvalue weighted by Gasteiger charge is 2.18. The highest BCUT2D eigenvalue weighted by Crippen LogP contribution is 2.21. The fraction of sp³-hybridized carbons (Fsp3) is 0.235. The van der Waals surface area contributed by atoms with Crippen LogP contribution in [0.15, 0.2) is 47.4 Å². The van der Waals surface area contributed by atoms with Crippen molar-refractivity contribution in [2.45, 2.75) is 4.90 Å². The predicted octanol–water partition coefficient (Wildman–Crippen LogP) is 2.49. The molecule has 0 bridgehead atoms. The number of nitrogens with one attached hydrogen (secondary N) is 1. The highest BCUT2D eigenvalue weighted by molar-refractivity contribution is 7.89. The Hall–Kier alpha value is -2.29. The summed E-state index contributed by atoms with van der Waals surface area (Å²) >= 11 is 5.89. The number of ether oxygens (including phenoxy) is 3. The molecule has 2 aromatic carbocycles. The molecule has 7 nitrogen and oxygen atoms in total. The average molecular weight is 400 g/mol. The molecule has 0 spiro atoms. The molecule has 0 fully saturated rings. The lowest BCUT2D eigenvalue weighted by molar-refractivity contribution is 0.0600. The maximum absolute atomic E-state index is 12.3. The molecule has 0 saturated heterocycles. The van der Waals surface area contributed by atoms with Gasteiger partial charge in [-0.05, 0) is 42.5 Å². The molecule has 9 heteroatoms. The first-order chi connectivity index (χ1) is 12.4. The predicted molar refractivity (Wildman–Crippen MR) is 96.5 cm³/mol. The van der Waals surface area contributed by atoms with Crippen molar-refractivity contribution in [1.82, 2.24) is 4.72 Å². The van der Waals surface area contributed by atoms with Gasteiger partial charge in [0.2, 0.25) is 10.0 Å².